The summed E-state index contributed by atoms with van der Waals surface area (Å²) in [6, 6.07) is 20.6. The van der Waals surface area contributed by atoms with E-state index in [0.29, 0.717) is 11.4 Å². The van der Waals surface area contributed by atoms with Gasteiger partial charge in [0.25, 0.3) is 0 Å². The maximum absolute atomic E-state index is 12.8. The number of anilines is 8. The fourth-order valence-electron chi connectivity index (χ4n) is 9.29. The summed E-state index contributed by atoms with van der Waals surface area (Å²) in [6.07, 6.45) is -1.91. The Kier molecular flexibility index (Phi) is 9.06. The molecular weight excluding hydrogens is 673 g/mol. The van der Waals surface area contributed by atoms with Crippen molar-refractivity contribution in [3.8, 4) is 0 Å². The predicted molar refractivity (Wildman–Crippen MR) is 235 cm³/mol. The number of aliphatic hydroxyl groups excluding tert-OH is 2. The van der Waals surface area contributed by atoms with Crippen molar-refractivity contribution in [1.29, 1.82) is 0 Å². The number of hydrogen-bond donors (Lipinski definition) is 4. The van der Waals surface area contributed by atoms with Gasteiger partial charge in [0, 0.05) is 163 Å². The van der Waals surface area contributed by atoms with E-state index in [-0.39, 0.29) is 0 Å². The van der Waals surface area contributed by atoms with Gasteiger partial charge in [-0.05, 0) is 58.3 Å². The van der Waals surface area contributed by atoms with Crippen LogP contribution < -0.4 is 40.9 Å². The van der Waals surface area contributed by atoms with Crippen LogP contribution in [0.2, 0.25) is 0 Å². The largest absolute Gasteiger partial charge is 0.398 e. The maximum atomic E-state index is 12.8. The van der Waals surface area contributed by atoms with Gasteiger partial charge in [-0.15, -0.1) is 0 Å². The molecule has 0 heterocycles. The molecule has 10 heteroatoms. The first-order chi connectivity index (χ1) is 25.5. The van der Waals surface area contributed by atoms with Crippen molar-refractivity contribution >= 4 is 88.6 Å². The molecule has 0 saturated heterocycles. The van der Waals surface area contributed by atoms with Gasteiger partial charge in [-0.25, -0.2) is 0 Å². The number of rotatable bonds is 8. The quantitative estimate of drug-likeness (QED) is 0.103. The summed E-state index contributed by atoms with van der Waals surface area (Å²) in [5, 5.41) is 33.4. The van der Waals surface area contributed by atoms with Gasteiger partial charge in [0.15, 0.2) is 0 Å². The van der Waals surface area contributed by atoms with E-state index in [1.165, 1.54) is 0 Å². The van der Waals surface area contributed by atoms with E-state index in [1.54, 1.807) is 0 Å². The Hall–Kier alpha value is -5.32. The van der Waals surface area contributed by atoms with Crippen LogP contribution in [-0.4, -0.2) is 107 Å². The molecule has 0 bridgehead atoms. The van der Waals surface area contributed by atoms with Crippen LogP contribution in [0, 0.1) is 0 Å². The zero-order valence-electron chi connectivity index (χ0n) is 33.8. The fraction of sp³-hybridized carbons (Fsp3) is 0.364. The van der Waals surface area contributed by atoms with Crippen LogP contribution in [0.4, 0.5) is 45.5 Å². The minimum Gasteiger partial charge on any atom is -0.398 e. The van der Waals surface area contributed by atoms with Crippen LogP contribution in [0.15, 0.2) is 60.7 Å². The zero-order chi connectivity index (χ0) is 39.2. The standard InChI is InChI=1S/C44H56N8O2/c1-47(2)27-17-13-15-23-31(27)41(51(9)10)37-29(49(5)6)21-19-25(45)35(37)33(23)39-43(53)40(44(39)54)34-24-16-14-18-28(48(3)4)32(24)42(52(11)12)38-30(50(7)8)22-20-26(46)36(34)38/h13-22,39-40,43-44,53-54H,45-46H2,1-12H3. The lowest BCUT2D eigenvalue weighted by atomic mass is 9.60. The van der Waals surface area contributed by atoms with Gasteiger partial charge in [-0.1, -0.05) is 24.3 Å². The summed E-state index contributed by atoms with van der Waals surface area (Å²) in [5.41, 5.74) is 23.1. The maximum Gasteiger partial charge on any atom is 0.0728 e. The molecule has 284 valence electrons. The van der Waals surface area contributed by atoms with Gasteiger partial charge in [-0.2, -0.15) is 0 Å². The first kappa shape index (κ1) is 37.0. The number of nitrogens with two attached hydrogens (primary N) is 2. The Morgan fingerprint density at radius 1 is 0.389 bits per heavy atom. The first-order valence-electron chi connectivity index (χ1n) is 18.5. The van der Waals surface area contributed by atoms with E-state index in [0.717, 1.165) is 88.3 Å². The summed E-state index contributed by atoms with van der Waals surface area (Å²) in [7, 11) is 24.6. The number of aliphatic hydroxyl groups is 2. The van der Waals surface area contributed by atoms with Crippen LogP contribution in [0.5, 0.6) is 0 Å². The number of nitrogens with zero attached hydrogens (tertiary/aromatic N) is 6. The van der Waals surface area contributed by atoms with Crippen molar-refractivity contribution in [3.05, 3.63) is 71.8 Å². The number of fused-ring (bicyclic) bond motifs is 4. The Morgan fingerprint density at radius 3 is 1.00 bits per heavy atom. The van der Waals surface area contributed by atoms with E-state index >= 15 is 0 Å². The van der Waals surface area contributed by atoms with E-state index in [4.69, 9.17) is 11.5 Å². The third-order valence-corrected chi connectivity index (χ3v) is 11.5. The molecule has 0 spiro atoms. The highest BCUT2D eigenvalue weighted by Crippen LogP contribution is 2.59. The number of benzene rings is 6. The lowest BCUT2D eigenvalue weighted by Gasteiger charge is -2.49. The molecule has 1 aliphatic carbocycles. The highest BCUT2D eigenvalue weighted by molar-refractivity contribution is 6.26. The lowest BCUT2D eigenvalue weighted by Crippen LogP contribution is -2.52. The second-order valence-corrected chi connectivity index (χ2v) is 16.2. The molecule has 54 heavy (non-hydrogen) atoms. The van der Waals surface area contributed by atoms with Gasteiger partial charge >= 0.3 is 0 Å². The Labute approximate surface area is 319 Å². The Balaban J connectivity index is 1.61. The zero-order valence-corrected chi connectivity index (χ0v) is 33.8. The summed E-state index contributed by atoms with van der Waals surface area (Å²) in [5.74, 6) is -1.27. The van der Waals surface area contributed by atoms with Gasteiger partial charge in [-0.3, -0.25) is 0 Å². The summed E-state index contributed by atoms with van der Waals surface area (Å²) in [6.45, 7) is 0. The second-order valence-electron chi connectivity index (χ2n) is 16.2. The van der Waals surface area contributed by atoms with E-state index in [1.807, 2.05) is 40.3 Å². The predicted octanol–water partition coefficient (Wildman–Crippen LogP) is 6.46. The highest BCUT2D eigenvalue weighted by Gasteiger charge is 2.53. The van der Waals surface area contributed by atoms with Crippen molar-refractivity contribution in [2.75, 3.05) is 125 Å². The molecule has 0 aliphatic heterocycles. The minimum atomic E-state index is -0.955. The molecule has 1 aliphatic rings. The van der Waals surface area contributed by atoms with Crippen molar-refractivity contribution in [2.45, 2.75) is 24.0 Å². The van der Waals surface area contributed by atoms with Crippen molar-refractivity contribution in [1.82, 2.24) is 0 Å². The van der Waals surface area contributed by atoms with Crippen LogP contribution >= 0.6 is 0 Å². The molecular formula is C44H56N8O2. The molecule has 6 N–H and O–H groups in total. The monoisotopic (exact) mass is 728 g/mol. The third kappa shape index (κ3) is 5.21. The SMILES string of the molecule is CN(C)c1cccc2c(C3C(O)C(c4c5cccc(N(C)C)c5c(N(C)C)c5c(N(C)C)ccc(N)c45)C3O)c3c(N)ccc(N(C)C)c3c(N(C)C)c12. The average molecular weight is 729 g/mol. The molecule has 0 radical (unpaired) electrons. The minimum absolute atomic E-state index is 0.607. The molecule has 10 nitrogen and oxygen atoms in total. The Bertz CT molecular complexity index is 2270. The molecule has 1 saturated carbocycles. The van der Waals surface area contributed by atoms with Gasteiger partial charge < -0.3 is 51.1 Å². The lowest BCUT2D eigenvalue weighted by molar-refractivity contribution is -0.0765. The molecule has 0 amide bonds. The molecule has 0 aromatic heterocycles. The van der Waals surface area contributed by atoms with Crippen molar-refractivity contribution in [2.24, 2.45) is 0 Å². The highest BCUT2D eigenvalue weighted by atomic mass is 16.3. The van der Waals surface area contributed by atoms with Crippen molar-refractivity contribution in [3.63, 3.8) is 0 Å². The van der Waals surface area contributed by atoms with Crippen LogP contribution in [0.25, 0.3) is 43.1 Å². The van der Waals surface area contributed by atoms with E-state index in [2.05, 4.69) is 134 Å². The molecule has 0 atom stereocenters. The summed E-state index contributed by atoms with van der Waals surface area (Å²) >= 11 is 0. The van der Waals surface area contributed by atoms with E-state index < -0.39 is 24.0 Å². The van der Waals surface area contributed by atoms with Gasteiger partial charge in [0.05, 0.1) is 23.6 Å². The first-order valence-corrected chi connectivity index (χ1v) is 18.5. The second kappa shape index (κ2) is 13.2. The third-order valence-electron chi connectivity index (χ3n) is 11.5. The average Bonchev–Trinajstić information content (AvgIpc) is 3.10. The van der Waals surface area contributed by atoms with E-state index in [9.17, 15) is 10.2 Å². The summed E-state index contributed by atoms with van der Waals surface area (Å²) in [4.78, 5) is 12.8. The molecule has 6 aromatic carbocycles. The fourth-order valence-corrected chi connectivity index (χ4v) is 9.29. The topological polar surface area (TPSA) is 112 Å². The number of nitrogen functional groups attached to an aromatic ring is 2. The molecule has 7 rings (SSSR count). The molecule has 6 aromatic rings. The number of hydrogen-bond acceptors (Lipinski definition) is 10. The van der Waals surface area contributed by atoms with Gasteiger partial charge in [0.1, 0.15) is 0 Å². The summed E-state index contributed by atoms with van der Waals surface area (Å²) < 4.78 is 0. The van der Waals surface area contributed by atoms with Crippen LogP contribution in [-0.2, 0) is 0 Å². The molecule has 1 fully saturated rings. The van der Waals surface area contributed by atoms with Crippen LogP contribution in [0.3, 0.4) is 0 Å². The smallest absolute Gasteiger partial charge is 0.0728 e. The molecule has 0 unspecified atom stereocenters. The Morgan fingerprint density at radius 2 is 0.704 bits per heavy atom. The van der Waals surface area contributed by atoms with Gasteiger partial charge in [0.2, 0.25) is 0 Å². The van der Waals surface area contributed by atoms with Crippen molar-refractivity contribution < 1.29 is 10.2 Å². The normalized spacial score (nSPS) is 18.3. The van der Waals surface area contributed by atoms with Crippen LogP contribution in [0.1, 0.15) is 23.0 Å².